The molecule has 0 radical (unpaired) electrons. The molecular weight excluding hydrogens is 340 g/mol. The Morgan fingerprint density at radius 1 is 1.43 bits per heavy atom. The number of imidazole rings is 1. The number of halogens is 1. The summed E-state index contributed by atoms with van der Waals surface area (Å²) in [4.78, 5) is 31.4. The summed E-state index contributed by atoms with van der Waals surface area (Å²) in [6, 6.07) is 4.13. The zero-order chi connectivity index (χ0) is 15.4. The van der Waals surface area contributed by atoms with Crippen LogP contribution in [0, 0.1) is 0 Å². The zero-order valence-electron chi connectivity index (χ0n) is 11.1. The number of aromatic carboxylic acids is 1. The predicted octanol–water partition coefficient (Wildman–Crippen LogP) is 2.53. The number of hydrogen-bond acceptors (Lipinski definition) is 3. The lowest BCUT2D eigenvalue weighted by Crippen LogP contribution is -2.31. The number of aromatic amines is 1. The lowest BCUT2D eigenvalue weighted by molar-refractivity contribution is 0.0697. The van der Waals surface area contributed by atoms with Gasteiger partial charge in [0.05, 0.1) is 12.1 Å². The van der Waals surface area contributed by atoms with Crippen LogP contribution in [-0.2, 0) is 6.54 Å². The number of carboxylic acid groups (broad SMARTS) is 1. The number of carboxylic acids is 1. The number of aromatic nitrogens is 2. The number of nitrogens with zero attached hydrogens (tertiary/aromatic N) is 2. The normalized spacial score (nSPS) is 10.2. The highest BCUT2D eigenvalue weighted by molar-refractivity contribution is 9.10. The number of carbonyl (C=O) groups excluding carboxylic acids is 1. The van der Waals surface area contributed by atoms with E-state index >= 15 is 0 Å². The highest BCUT2D eigenvalue weighted by Crippen LogP contribution is 2.20. The molecular formula is C13H13BrN4O3. The lowest BCUT2D eigenvalue weighted by Gasteiger charge is -2.17. The fourth-order valence-electron chi connectivity index (χ4n) is 1.69. The Hall–Kier alpha value is -2.35. The van der Waals surface area contributed by atoms with Gasteiger partial charge in [-0.15, -0.1) is 0 Å². The second-order valence-corrected chi connectivity index (χ2v) is 5.27. The first-order chi connectivity index (χ1) is 9.95. The average Bonchev–Trinajstić information content (AvgIpc) is 2.90. The molecule has 0 fully saturated rings. The maximum absolute atomic E-state index is 12.0. The van der Waals surface area contributed by atoms with E-state index in [0.29, 0.717) is 22.5 Å². The molecule has 110 valence electrons. The highest BCUT2D eigenvalue weighted by atomic mass is 79.9. The minimum atomic E-state index is -1.06. The number of anilines is 1. The van der Waals surface area contributed by atoms with Crippen molar-refractivity contribution in [3.63, 3.8) is 0 Å². The third-order valence-electron chi connectivity index (χ3n) is 2.68. The van der Waals surface area contributed by atoms with Crippen LogP contribution in [0.15, 0.2) is 35.1 Å². The van der Waals surface area contributed by atoms with Crippen molar-refractivity contribution in [3.05, 3.63) is 46.5 Å². The quantitative estimate of drug-likeness (QED) is 0.787. The number of benzene rings is 1. The molecule has 1 heterocycles. The van der Waals surface area contributed by atoms with E-state index in [2.05, 4.69) is 31.2 Å². The number of urea groups is 1. The molecule has 0 spiro atoms. The molecule has 3 N–H and O–H groups in total. The fourth-order valence-corrected chi connectivity index (χ4v) is 2.18. The maximum atomic E-state index is 12.0. The van der Waals surface area contributed by atoms with Crippen LogP contribution in [0.3, 0.4) is 0 Å². The van der Waals surface area contributed by atoms with Crippen molar-refractivity contribution in [1.29, 1.82) is 0 Å². The summed E-state index contributed by atoms with van der Waals surface area (Å²) in [6.45, 7) is 0.318. The smallest absolute Gasteiger partial charge is 0.335 e. The minimum absolute atomic E-state index is 0.0911. The average molecular weight is 353 g/mol. The van der Waals surface area contributed by atoms with E-state index < -0.39 is 5.97 Å². The first-order valence-electron chi connectivity index (χ1n) is 6.00. The van der Waals surface area contributed by atoms with Gasteiger partial charge in [-0.25, -0.2) is 14.6 Å². The summed E-state index contributed by atoms with van der Waals surface area (Å²) < 4.78 is 0.575. The van der Waals surface area contributed by atoms with Gasteiger partial charge in [0, 0.05) is 29.6 Å². The van der Waals surface area contributed by atoms with Gasteiger partial charge in [0.15, 0.2) is 0 Å². The summed E-state index contributed by atoms with van der Waals surface area (Å²) >= 11 is 3.21. The Bertz CT molecular complexity index is 657. The molecule has 0 unspecified atom stereocenters. The molecule has 0 bridgehead atoms. The molecule has 0 saturated heterocycles. The Balaban J connectivity index is 2.06. The predicted molar refractivity (Wildman–Crippen MR) is 80.2 cm³/mol. The number of H-pyrrole nitrogens is 1. The Morgan fingerprint density at radius 2 is 2.19 bits per heavy atom. The molecule has 8 heteroatoms. The van der Waals surface area contributed by atoms with Crippen LogP contribution in [0.1, 0.15) is 16.2 Å². The monoisotopic (exact) mass is 352 g/mol. The molecule has 0 aliphatic heterocycles. The molecule has 2 aromatic rings. The van der Waals surface area contributed by atoms with Gasteiger partial charge < -0.3 is 20.3 Å². The van der Waals surface area contributed by atoms with E-state index in [1.165, 1.54) is 17.0 Å². The summed E-state index contributed by atoms with van der Waals surface area (Å²) in [6.07, 6.45) is 3.28. The van der Waals surface area contributed by atoms with E-state index in [9.17, 15) is 9.59 Å². The van der Waals surface area contributed by atoms with Gasteiger partial charge >= 0.3 is 12.0 Å². The van der Waals surface area contributed by atoms with E-state index in [4.69, 9.17) is 5.11 Å². The molecule has 0 aliphatic rings. The number of carbonyl (C=O) groups is 2. The third kappa shape index (κ3) is 4.06. The van der Waals surface area contributed by atoms with Crippen LogP contribution < -0.4 is 5.32 Å². The maximum Gasteiger partial charge on any atom is 0.335 e. The Labute approximate surface area is 129 Å². The third-order valence-corrected chi connectivity index (χ3v) is 3.14. The van der Waals surface area contributed by atoms with E-state index in [1.54, 1.807) is 25.5 Å². The standard InChI is InChI=1S/C13H13BrN4O3/c1-18(7-11-15-2-3-16-11)13(21)17-10-5-8(12(19)20)4-9(14)6-10/h2-6H,7H2,1H3,(H,15,16)(H,17,21)(H,19,20). The molecule has 0 aliphatic carbocycles. The zero-order valence-corrected chi connectivity index (χ0v) is 12.7. The van der Waals surface area contributed by atoms with Crippen molar-refractivity contribution >= 4 is 33.6 Å². The van der Waals surface area contributed by atoms with Gasteiger partial charge in [-0.1, -0.05) is 15.9 Å². The first kappa shape index (κ1) is 15.0. The van der Waals surface area contributed by atoms with Crippen molar-refractivity contribution < 1.29 is 14.7 Å². The largest absolute Gasteiger partial charge is 0.478 e. The Morgan fingerprint density at radius 3 is 2.81 bits per heavy atom. The number of hydrogen-bond donors (Lipinski definition) is 3. The van der Waals surface area contributed by atoms with Crippen molar-refractivity contribution in [2.75, 3.05) is 12.4 Å². The van der Waals surface area contributed by atoms with Crippen LogP contribution >= 0.6 is 15.9 Å². The molecule has 2 rings (SSSR count). The minimum Gasteiger partial charge on any atom is -0.478 e. The van der Waals surface area contributed by atoms with Crippen LogP contribution in [0.25, 0.3) is 0 Å². The van der Waals surface area contributed by atoms with E-state index in [1.807, 2.05) is 0 Å². The number of rotatable bonds is 4. The van der Waals surface area contributed by atoms with Gasteiger partial charge in [0.2, 0.25) is 0 Å². The molecule has 0 saturated carbocycles. The number of amides is 2. The van der Waals surface area contributed by atoms with Gasteiger partial charge in [-0.05, 0) is 18.2 Å². The van der Waals surface area contributed by atoms with Crippen LogP contribution in [-0.4, -0.2) is 39.0 Å². The van der Waals surface area contributed by atoms with Gasteiger partial charge in [0.25, 0.3) is 0 Å². The van der Waals surface area contributed by atoms with Gasteiger partial charge in [0.1, 0.15) is 5.82 Å². The Kier molecular flexibility index (Phi) is 4.59. The van der Waals surface area contributed by atoms with E-state index in [-0.39, 0.29) is 11.6 Å². The molecule has 7 nitrogen and oxygen atoms in total. The SMILES string of the molecule is CN(Cc1ncc[nH]1)C(=O)Nc1cc(Br)cc(C(=O)O)c1. The fraction of sp³-hybridized carbons (Fsp3) is 0.154. The second-order valence-electron chi connectivity index (χ2n) is 4.36. The van der Waals surface area contributed by atoms with Crippen LogP contribution in [0.5, 0.6) is 0 Å². The summed E-state index contributed by atoms with van der Waals surface area (Å²) in [5, 5.41) is 11.6. The topological polar surface area (TPSA) is 98.3 Å². The summed E-state index contributed by atoms with van der Waals surface area (Å²) in [5.41, 5.74) is 0.492. The highest BCUT2D eigenvalue weighted by Gasteiger charge is 2.12. The van der Waals surface area contributed by atoms with Crippen molar-refractivity contribution in [2.24, 2.45) is 0 Å². The molecule has 1 aromatic heterocycles. The molecule has 1 aromatic carbocycles. The van der Waals surface area contributed by atoms with Crippen molar-refractivity contribution in [1.82, 2.24) is 14.9 Å². The van der Waals surface area contributed by atoms with Gasteiger partial charge in [-0.3, -0.25) is 0 Å². The first-order valence-corrected chi connectivity index (χ1v) is 6.79. The lowest BCUT2D eigenvalue weighted by atomic mass is 10.2. The van der Waals surface area contributed by atoms with E-state index in [0.717, 1.165) is 0 Å². The van der Waals surface area contributed by atoms with Crippen LogP contribution in [0.4, 0.5) is 10.5 Å². The number of nitrogens with one attached hydrogen (secondary N) is 2. The second kappa shape index (κ2) is 6.40. The van der Waals surface area contributed by atoms with Crippen molar-refractivity contribution in [2.45, 2.75) is 6.54 Å². The summed E-state index contributed by atoms with van der Waals surface area (Å²) in [7, 11) is 1.62. The molecule has 2 amide bonds. The molecule has 21 heavy (non-hydrogen) atoms. The van der Waals surface area contributed by atoms with Gasteiger partial charge in [-0.2, -0.15) is 0 Å². The summed E-state index contributed by atoms with van der Waals surface area (Å²) in [5.74, 6) is -0.399. The van der Waals surface area contributed by atoms with Crippen molar-refractivity contribution in [3.8, 4) is 0 Å². The molecule has 0 atom stereocenters. The van der Waals surface area contributed by atoms with Crippen LogP contribution in [0.2, 0.25) is 0 Å².